The third-order valence-electron chi connectivity index (χ3n) is 8.86. The minimum atomic E-state index is -0.486. The summed E-state index contributed by atoms with van der Waals surface area (Å²) in [5.74, 6) is 1.15. The highest BCUT2D eigenvalue weighted by atomic mass is 79.9. The van der Waals surface area contributed by atoms with Gasteiger partial charge in [0.05, 0.1) is 47.1 Å². The van der Waals surface area contributed by atoms with Crippen molar-refractivity contribution in [3.63, 3.8) is 0 Å². The number of aromatic nitrogens is 4. The standard InChI is InChI=1S/C33H43Cl2N10O6.BrH/c1-20(2)38-32-36-16-21-17-42(29-27(34)24(50-6)15-25(51-7)28(29)35)33(47)43(30(21)39-32)22-10-12-41(13-11-22)26(46)9-8-14-45(4,5)18-23-31(44(48)49)37-19-40(23)3;/h8-9,15-16,19-20,22H,10-14,17-18H2,1-7H3,(H,36,38,39);1H/q+1;/p-1/b9-8+;. The monoisotopic (exact) mass is 824 g/mol. The second-order valence-corrected chi connectivity index (χ2v) is 14.2. The number of urea groups is 1. The largest absolute Gasteiger partial charge is 1.00 e. The number of methoxy groups -OCH3 is 2. The molecule has 0 saturated carbocycles. The molecule has 16 nitrogen and oxygen atoms in total. The molecule has 1 N–H and O–H groups in total. The Morgan fingerprint density at radius 3 is 2.37 bits per heavy atom. The molecule has 0 unspecified atom stereocenters. The summed E-state index contributed by atoms with van der Waals surface area (Å²) in [5.41, 5.74) is 1.44. The minimum absolute atomic E-state index is 0. The fraction of sp³-hybridized carbons (Fsp3) is 0.485. The Morgan fingerprint density at radius 2 is 1.79 bits per heavy atom. The van der Waals surface area contributed by atoms with Gasteiger partial charge in [0.1, 0.15) is 33.9 Å². The molecule has 2 aliphatic heterocycles. The zero-order chi connectivity index (χ0) is 37.2. The van der Waals surface area contributed by atoms with Crippen LogP contribution in [-0.4, -0.2) is 106 Å². The lowest BCUT2D eigenvalue weighted by Gasteiger charge is -2.43. The fourth-order valence-corrected chi connectivity index (χ4v) is 6.96. The topological polar surface area (TPSA) is 161 Å². The highest BCUT2D eigenvalue weighted by Crippen LogP contribution is 2.48. The number of nitrogens with zero attached hydrogens (tertiary/aromatic N) is 9. The second-order valence-electron chi connectivity index (χ2n) is 13.5. The molecule has 0 bridgehead atoms. The van der Waals surface area contributed by atoms with Gasteiger partial charge in [0.2, 0.25) is 18.2 Å². The molecule has 0 radical (unpaired) electrons. The number of rotatable bonds is 12. The summed E-state index contributed by atoms with van der Waals surface area (Å²) >= 11 is 13.5. The van der Waals surface area contributed by atoms with Crippen LogP contribution in [0.25, 0.3) is 0 Å². The Morgan fingerprint density at radius 1 is 1.15 bits per heavy atom. The van der Waals surface area contributed by atoms with Crippen LogP contribution in [0.2, 0.25) is 10.0 Å². The van der Waals surface area contributed by atoms with Gasteiger partial charge in [-0.15, -0.1) is 0 Å². The van der Waals surface area contributed by atoms with E-state index in [1.807, 2.05) is 27.9 Å². The lowest BCUT2D eigenvalue weighted by Crippen LogP contribution is -3.00. The number of nitrogens with one attached hydrogen (secondary N) is 1. The molecule has 1 saturated heterocycles. The van der Waals surface area contributed by atoms with E-state index in [4.69, 9.17) is 37.7 Å². The van der Waals surface area contributed by atoms with Crippen molar-refractivity contribution < 1.29 is 45.5 Å². The number of hydrogen-bond acceptors (Lipinski definition) is 10. The van der Waals surface area contributed by atoms with Gasteiger partial charge < -0.3 is 55.8 Å². The molecule has 282 valence electrons. The van der Waals surface area contributed by atoms with E-state index in [0.29, 0.717) is 78.0 Å². The number of benzene rings is 1. The van der Waals surface area contributed by atoms with Gasteiger partial charge in [-0.1, -0.05) is 23.2 Å². The van der Waals surface area contributed by atoms with Crippen molar-refractivity contribution in [1.29, 1.82) is 0 Å². The van der Waals surface area contributed by atoms with E-state index in [-0.39, 0.29) is 69.1 Å². The van der Waals surface area contributed by atoms with Gasteiger partial charge in [-0.2, -0.15) is 4.98 Å². The van der Waals surface area contributed by atoms with Crippen molar-refractivity contribution in [3.8, 4) is 11.5 Å². The number of fused-ring (bicyclic) bond motifs is 1. The van der Waals surface area contributed by atoms with Gasteiger partial charge in [-0.05, 0) is 42.7 Å². The first-order valence-electron chi connectivity index (χ1n) is 16.4. The van der Waals surface area contributed by atoms with Crippen molar-refractivity contribution in [2.75, 3.05) is 63.1 Å². The summed E-state index contributed by atoms with van der Waals surface area (Å²) in [5, 5.41) is 14.9. The number of ether oxygens (including phenoxy) is 2. The lowest BCUT2D eigenvalue weighted by atomic mass is 10.0. The van der Waals surface area contributed by atoms with Gasteiger partial charge in [-0.3, -0.25) is 14.6 Å². The first-order valence-corrected chi connectivity index (χ1v) is 17.2. The Hall–Kier alpha value is -4.19. The highest BCUT2D eigenvalue weighted by Gasteiger charge is 2.41. The van der Waals surface area contributed by atoms with E-state index in [2.05, 4.69) is 15.3 Å². The van der Waals surface area contributed by atoms with Gasteiger partial charge in [0, 0.05) is 56.1 Å². The number of anilines is 3. The maximum absolute atomic E-state index is 14.5. The van der Waals surface area contributed by atoms with Crippen molar-refractivity contribution >= 4 is 58.4 Å². The zero-order valence-corrected chi connectivity index (χ0v) is 33.2. The molecule has 19 heteroatoms. The predicted molar refractivity (Wildman–Crippen MR) is 194 cm³/mol. The van der Waals surface area contributed by atoms with Crippen LogP contribution in [0.1, 0.15) is 37.9 Å². The first-order chi connectivity index (χ1) is 24.1. The lowest BCUT2D eigenvalue weighted by molar-refractivity contribution is -0.898. The quantitative estimate of drug-likeness (QED) is 0.124. The summed E-state index contributed by atoms with van der Waals surface area (Å²) in [6, 6.07) is 0.947. The van der Waals surface area contributed by atoms with Crippen molar-refractivity contribution in [1.82, 2.24) is 24.4 Å². The van der Waals surface area contributed by atoms with E-state index >= 15 is 0 Å². The van der Waals surface area contributed by atoms with Crippen LogP contribution < -0.4 is 41.6 Å². The number of hydrogen-bond donors (Lipinski definition) is 1. The molecule has 0 spiro atoms. The summed E-state index contributed by atoms with van der Waals surface area (Å²) in [6.45, 7) is 5.69. The number of likely N-dealkylation sites (N-methyl/N-ethyl adjacent to an activating group) is 1. The Kier molecular flexibility index (Phi) is 13.0. The highest BCUT2D eigenvalue weighted by molar-refractivity contribution is 6.42. The summed E-state index contributed by atoms with van der Waals surface area (Å²) in [4.78, 5) is 56.8. The molecule has 2 aromatic heterocycles. The van der Waals surface area contributed by atoms with Gasteiger partial charge in [-0.25, -0.2) is 9.78 Å². The average molecular weight is 827 g/mol. The number of carbonyl (C=O) groups excluding carboxylic acids is 2. The molecular weight excluding hydrogens is 783 g/mol. The second kappa shape index (κ2) is 16.7. The van der Waals surface area contributed by atoms with Gasteiger partial charge in [0.25, 0.3) is 0 Å². The molecular formula is C33H43BrCl2N10O6. The number of aryl methyl sites for hydroxylation is 1. The number of imidazole rings is 1. The van der Waals surface area contributed by atoms with Crippen LogP contribution in [-0.2, 0) is 24.9 Å². The Labute approximate surface area is 322 Å². The molecule has 4 heterocycles. The number of halogens is 3. The third kappa shape index (κ3) is 8.54. The SMILES string of the molecule is COc1cc(OC)c(Cl)c(N2Cc3cnc(NC(C)C)nc3N(C3CCN(C(=O)/C=C/C[N+](C)(C)Cc4c([N+](=O)[O-])ncn4C)CC3)C2=O)c1Cl.[Br-]. The van der Waals surface area contributed by atoms with E-state index in [0.717, 1.165) is 0 Å². The number of amides is 3. The van der Waals surface area contributed by atoms with Crippen LogP contribution in [0, 0.1) is 10.1 Å². The molecule has 0 aliphatic carbocycles. The average Bonchev–Trinajstić information content (AvgIpc) is 3.44. The van der Waals surface area contributed by atoms with Gasteiger partial charge >= 0.3 is 11.8 Å². The Balaban J connectivity index is 0.00000605. The molecule has 3 amide bonds. The third-order valence-corrected chi connectivity index (χ3v) is 9.59. The zero-order valence-electron chi connectivity index (χ0n) is 30.1. The van der Waals surface area contributed by atoms with Crippen molar-refractivity contribution in [2.24, 2.45) is 7.05 Å². The number of nitro groups is 1. The van der Waals surface area contributed by atoms with E-state index in [1.165, 1.54) is 25.4 Å². The molecule has 1 fully saturated rings. The van der Waals surface area contributed by atoms with E-state index in [1.54, 1.807) is 45.8 Å². The number of carbonyl (C=O) groups is 2. The van der Waals surface area contributed by atoms with Crippen LogP contribution in [0.4, 0.5) is 28.1 Å². The number of likely N-dealkylation sites (tertiary alicyclic amines) is 1. The molecule has 52 heavy (non-hydrogen) atoms. The first kappa shape index (κ1) is 40.6. The maximum atomic E-state index is 14.5. The van der Waals surface area contributed by atoms with Crippen LogP contribution in [0.5, 0.6) is 11.5 Å². The van der Waals surface area contributed by atoms with Crippen LogP contribution in [0.3, 0.4) is 0 Å². The van der Waals surface area contributed by atoms with Crippen molar-refractivity contribution in [3.05, 3.63) is 62.2 Å². The van der Waals surface area contributed by atoms with Crippen LogP contribution >= 0.6 is 23.2 Å². The summed E-state index contributed by atoms with van der Waals surface area (Å²) in [6.07, 6.45) is 7.43. The van der Waals surface area contributed by atoms with Crippen molar-refractivity contribution in [2.45, 2.75) is 51.9 Å². The Bertz CT molecular complexity index is 1820. The summed E-state index contributed by atoms with van der Waals surface area (Å²) in [7, 11) is 8.52. The summed E-state index contributed by atoms with van der Waals surface area (Å²) < 4.78 is 13.0. The smallest absolute Gasteiger partial charge is 0.390 e. The normalized spacial score (nSPS) is 15.2. The van der Waals surface area contributed by atoms with E-state index < -0.39 is 4.92 Å². The minimum Gasteiger partial charge on any atom is -1.00 e. The fourth-order valence-electron chi connectivity index (χ4n) is 6.25. The molecule has 2 aliphatic rings. The van der Waals surface area contributed by atoms with Gasteiger partial charge in [0.15, 0.2) is 5.69 Å². The molecule has 5 rings (SSSR count). The molecule has 0 atom stereocenters. The maximum Gasteiger partial charge on any atom is 0.390 e. The molecule has 3 aromatic rings. The van der Waals surface area contributed by atoms with Crippen LogP contribution in [0.15, 0.2) is 30.7 Å². The number of piperidine rings is 1. The van der Waals surface area contributed by atoms with E-state index in [9.17, 15) is 19.7 Å². The molecule has 1 aromatic carbocycles. The predicted octanol–water partition coefficient (Wildman–Crippen LogP) is 2.04. The number of quaternary nitrogens is 1.